The molecule has 1 saturated heterocycles. The summed E-state index contributed by atoms with van der Waals surface area (Å²) >= 11 is 0. The molecule has 0 bridgehead atoms. The highest BCUT2D eigenvalue weighted by Crippen LogP contribution is 2.14. The van der Waals surface area contributed by atoms with Crippen LogP contribution in [-0.4, -0.2) is 51.4 Å². The van der Waals surface area contributed by atoms with Crippen molar-refractivity contribution in [3.8, 4) is 6.07 Å². The van der Waals surface area contributed by atoms with Gasteiger partial charge in [-0.25, -0.2) is 8.42 Å². The van der Waals surface area contributed by atoms with E-state index >= 15 is 0 Å². The van der Waals surface area contributed by atoms with Crippen molar-refractivity contribution in [2.75, 3.05) is 26.2 Å². The fourth-order valence-electron chi connectivity index (χ4n) is 2.81. The SMILES string of the molecule is N#Cc1ccccc1S(=O)(=O)NCC(=O)OCC(=O)N1CCCCCCC1. The summed E-state index contributed by atoms with van der Waals surface area (Å²) in [7, 11) is -4.03. The van der Waals surface area contributed by atoms with Crippen LogP contribution in [-0.2, 0) is 24.3 Å². The van der Waals surface area contributed by atoms with E-state index in [0.717, 1.165) is 25.7 Å². The molecule has 1 aliphatic rings. The van der Waals surface area contributed by atoms with Gasteiger partial charge in [-0.3, -0.25) is 9.59 Å². The fraction of sp³-hybridized carbons (Fsp3) is 0.500. The molecule has 1 heterocycles. The van der Waals surface area contributed by atoms with Crippen molar-refractivity contribution in [2.45, 2.75) is 37.0 Å². The van der Waals surface area contributed by atoms with E-state index in [2.05, 4.69) is 4.72 Å². The maximum absolute atomic E-state index is 12.2. The summed E-state index contributed by atoms with van der Waals surface area (Å²) in [6, 6.07) is 7.46. The van der Waals surface area contributed by atoms with Gasteiger partial charge in [0.2, 0.25) is 10.0 Å². The second-order valence-corrected chi connectivity index (χ2v) is 7.98. The Labute approximate surface area is 159 Å². The van der Waals surface area contributed by atoms with Crippen LogP contribution in [0.5, 0.6) is 0 Å². The highest BCUT2D eigenvalue weighted by atomic mass is 32.2. The maximum Gasteiger partial charge on any atom is 0.321 e. The Bertz CT molecular complexity index is 809. The Hall–Kier alpha value is -2.44. The lowest BCUT2D eigenvalue weighted by molar-refractivity contribution is -0.151. The van der Waals surface area contributed by atoms with Gasteiger partial charge in [-0.1, -0.05) is 31.4 Å². The van der Waals surface area contributed by atoms with E-state index in [-0.39, 0.29) is 16.4 Å². The molecule has 0 atom stereocenters. The van der Waals surface area contributed by atoms with Crippen LogP contribution in [0.1, 0.15) is 37.7 Å². The van der Waals surface area contributed by atoms with E-state index in [9.17, 15) is 18.0 Å². The topological polar surface area (TPSA) is 117 Å². The van der Waals surface area contributed by atoms with Crippen LogP contribution in [0.4, 0.5) is 0 Å². The summed E-state index contributed by atoms with van der Waals surface area (Å²) in [5.41, 5.74) is -0.0226. The molecular formula is C18H23N3O5S. The van der Waals surface area contributed by atoms with Gasteiger partial charge in [0.05, 0.1) is 10.5 Å². The van der Waals surface area contributed by atoms with E-state index in [0.29, 0.717) is 13.1 Å². The number of rotatable bonds is 6. The predicted molar refractivity (Wildman–Crippen MR) is 97.0 cm³/mol. The molecule has 0 unspecified atom stereocenters. The Morgan fingerprint density at radius 1 is 1.11 bits per heavy atom. The zero-order valence-corrected chi connectivity index (χ0v) is 15.8. The number of carbonyl (C=O) groups is 2. The van der Waals surface area contributed by atoms with Crippen LogP contribution in [0.3, 0.4) is 0 Å². The Morgan fingerprint density at radius 3 is 2.41 bits per heavy atom. The zero-order valence-electron chi connectivity index (χ0n) is 15.0. The first-order valence-electron chi connectivity index (χ1n) is 8.86. The van der Waals surface area contributed by atoms with Crippen LogP contribution >= 0.6 is 0 Å². The standard InChI is InChI=1S/C18H23N3O5S/c19-12-15-8-4-5-9-16(15)27(24,25)20-13-18(23)26-14-17(22)21-10-6-2-1-3-7-11-21/h4-5,8-9,20H,1-3,6-7,10-11,13-14H2. The predicted octanol–water partition coefficient (Wildman–Crippen LogP) is 1.17. The molecule has 146 valence electrons. The Balaban J connectivity index is 1.83. The van der Waals surface area contributed by atoms with Crippen LogP contribution in [0.2, 0.25) is 0 Å². The molecule has 2 rings (SSSR count). The van der Waals surface area contributed by atoms with Gasteiger partial charge in [0.1, 0.15) is 12.6 Å². The average Bonchev–Trinajstić information content (AvgIpc) is 2.64. The van der Waals surface area contributed by atoms with Crippen LogP contribution < -0.4 is 4.72 Å². The monoisotopic (exact) mass is 393 g/mol. The van der Waals surface area contributed by atoms with Crippen molar-refractivity contribution < 1.29 is 22.7 Å². The minimum atomic E-state index is -4.03. The van der Waals surface area contributed by atoms with Crippen molar-refractivity contribution in [3.63, 3.8) is 0 Å². The maximum atomic E-state index is 12.2. The summed E-state index contributed by atoms with van der Waals surface area (Å²) in [6.45, 7) is 0.270. The molecule has 0 aliphatic carbocycles. The highest BCUT2D eigenvalue weighted by Gasteiger charge is 2.21. The minimum Gasteiger partial charge on any atom is -0.455 e. The zero-order chi connectivity index (χ0) is 19.7. The van der Waals surface area contributed by atoms with Crippen LogP contribution in [0.25, 0.3) is 0 Å². The van der Waals surface area contributed by atoms with E-state index < -0.39 is 29.1 Å². The summed E-state index contributed by atoms with van der Waals surface area (Å²) < 4.78 is 31.4. The second kappa shape index (κ2) is 10.0. The van der Waals surface area contributed by atoms with Gasteiger partial charge in [0.15, 0.2) is 6.61 Å². The van der Waals surface area contributed by atoms with Crippen molar-refractivity contribution in [1.29, 1.82) is 5.26 Å². The lowest BCUT2D eigenvalue weighted by Gasteiger charge is -2.24. The summed E-state index contributed by atoms with van der Waals surface area (Å²) in [5, 5.41) is 8.99. The number of carbonyl (C=O) groups excluding carboxylic acids is 2. The van der Waals surface area contributed by atoms with E-state index in [1.54, 1.807) is 17.0 Å². The Kier molecular flexibility index (Phi) is 7.76. The third kappa shape index (κ3) is 6.34. The number of amides is 1. The van der Waals surface area contributed by atoms with Crippen LogP contribution in [0, 0.1) is 11.3 Å². The van der Waals surface area contributed by atoms with Gasteiger partial charge in [0.25, 0.3) is 5.91 Å². The number of benzene rings is 1. The lowest BCUT2D eigenvalue weighted by Crippen LogP contribution is -2.38. The molecule has 9 heteroatoms. The number of nitrogens with zero attached hydrogens (tertiary/aromatic N) is 2. The number of ether oxygens (including phenoxy) is 1. The van der Waals surface area contributed by atoms with Gasteiger partial charge in [-0.05, 0) is 25.0 Å². The average molecular weight is 393 g/mol. The summed E-state index contributed by atoms with van der Waals surface area (Å²) in [6.07, 6.45) is 5.19. The van der Waals surface area contributed by atoms with Gasteiger partial charge in [0, 0.05) is 13.1 Å². The number of nitriles is 1. The first-order chi connectivity index (χ1) is 12.9. The third-order valence-electron chi connectivity index (χ3n) is 4.27. The lowest BCUT2D eigenvalue weighted by atomic mass is 10.1. The molecule has 1 aliphatic heterocycles. The third-order valence-corrected chi connectivity index (χ3v) is 5.73. The number of hydrogen-bond acceptors (Lipinski definition) is 6. The molecule has 8 nitrogen and oxygen atoms in total. The van der Waals surface area contributed by atoms with Crippen molar-refractivity contribution in [3.05, 3.63) is 29.8 Å². The number of nitrogens with one attached hydrogen (secondary N) is 1. The molecule has 0 radical (unpaired) electrons. The van der Waals surface area contributed by atoms with Crippen molar-refractivity contribution in [1.82, 2.24) is 9.62 Å². The number of hydrogen-bond donors (Lipinski definition) is 1. The molecule has 1 N–H and O–H groups in total. The van der Waals surface area contributed by atoms with Crippen LogP contribution in [0.15, 0.2) is 29.2 Å². The molecule has 1 aromatic rings. The summed E-state index contributed by atoms with van der Waals surface area (Å²) in [5.74, 6) is -1.13. The highest BCUT2D eigenvalue weighted by molar-refractivity contribution is 7.89. The normalized spacial score (nSPS) is 15.3. The number of likely N-dealkylation sites (tertiary alicyclic amines) is 1. The van der Waals surface area contributed by atoms with Gasteiger partial charge in [-0.15, -0.1) is 0 Å². The minimum absolute atomic E-state index is 0.0226. The fourth-order valence-corrected chi connectivity index (χ4v) is 3.93. The number of sulfonamides is 1. The molecule has 1 aromatic carbocycles. The second-order valence-electron chi connectivity index (χ2n) is 6.24. The largest absolute Gasteiger partial charge is 0.455 e. The first kappa shape index (κ1) is 20.9. The summed E-state index contributed by atoms with van der Waals surface area (Å²) in [4.78, 5) is 25.4. The van der Waals surface area contributed by atoms with E-state index in [1.165, 1.54) is 24.6 Å². The smallest absolute Gasteiger partial charge is 0.321 e. The first-order valence-corrected chi connectivity index (χ1v) is 10.3. The number of esters is 1. The molecule has 0 aromatic heterocycles. The van der Waals surface area contributed by atoms with Crippen molar-refractivity contribution in [2.24, 2.45) is 0 Å². The molecular weight excluding hydrogens is 370 g/mol. The molecule has 0 spiro atoms. The van der Waals surface area contributed by atoms with Gasteiger partial charge >= 0.3 is 5.97 Å². The van der Waals surface area contributed by atoms with E-state index in [1.807, 2.05) is 0 Å². The quantitative estimate of drug-likeness (QED) is 0.725. The van der Waals surface area contributed by atoms with Gasteiger partial charge < -0.3 is 9.64 Å². The molecule has 0 saturated carbocycles. The molecule has 1 fully saturated rings. The molecule has 27 heavy (non-hydrogen) atoms. The Morgan fingerprint density at radius 2 is 1.74 bits per heavy atom. The van der Waals surface area contributed by atoms with E-state index in [4.69, 9.17) is 10.00 Å². The van der Waals surface area contributed by atoms with Gasteiger partial charge in [-0.2, -0.15) is 9.98 Å². The molecule has 1 amide bonds. The van der Waals surface area contributed by atoms with Crippen molar-refractivity contribution >= 4 is 21.9 Å².